The molecule has 0 heterocycles. The first-order chi connectivity index (χ1) is 17.6. The number of urea groups is 1. The quantitative estimate of drug-likeness (QED) is 0.199. The Hall–Kier alpha value is -3.24. The number of halogens is 2. The Morgan fingerprint density at radius 3 is 2.43 bits per heavy atom. The summed E-state index contributed by atoms with van der Waals surface area (Å²) in [5.74, 6) is 0. The van der Waals surface area contributed by atoms with Crippen LogP contribution in [0.25, 0.3) is 0 Å². The van der Waals surface area contributed by atoms with Crippen molar-refractivity contribution in [2.45, 2.75) is 31.2 Å². The van der Waals surface area contributed by atoms with E-state index in [4.69, 9.17) is 28.3 Å². The number of aliphatic hydroxyl groups is 1. The SMILES string of the molecule is Cc1cc(NS(=O)(=O)c2ccc(NC(=O)N[C@@H](C)c3cccc(Cl)c3Cl)cc2)ccc1N/C=C/CCO. The number of aliphatic hydroxyl groups excluding tert-OH is 1. The highest BCUT2D eigenvalue weighted by molar-refractivity contribution is 7.92. The van der Waals surface area contributed by atoms with Gasteiger partial charge >= 0.3 is 6.03 Å². The van der Waals surface area contributed by atoms with Crippen molar-refractivity contribution in [3.05, 3.63) is 94.1 Å². The number of benzene rings is 3. The Balaban J connectivity index is 1.61. The molecule has 0 aliphatic carbocycles. The molecule has 3 aromatic carbocycles. The number of carbonyl (C=O) groups is 1. The van der Waals surface area contributed by atoms with E-state index >= 15 is 0 Å². The van der Waals surface area contributed by atoms with Gasteiger partial charge in [0.05, 0.1) is 21.0 Å². The van der Waals surface area contributed by atoms with Gasteiger partial charge in [-0.05, 0) is 86.1 Å². The molecule has 0 fully saturated rings. The fourth-order valence-corrected chi connectivity index (χ4v) is 4.94. The lowest BCUT2D eigenvalue weighted by molar-refractivity contribution is 0.249. The van der Waals surface area contributed by atoms with Gasteiger partial charge in [-0.3, -0.25) is 4.72 Å². The number of nitrogens with one attached hydrogen (secondary N) is 4. The predicted molar refractivity (Wildman–Crippen MR) is 150 cm³/mol. The van der Waals surface area contributed by atoms with Gasteiger partial charge in [-0.2, -0.15) is 0 Å². The van der Waals surface area contributed by atoms with E-state index in [9.17, 15) is 13.2 Å². The van der Waals surface area contributed by atoms with Gasteiger partial charge in [-0.15, -0.1) is 0 Å². The van der Waals surface area contributed by atoms with Crippen LogP contribution < -0.4 is 20.7 Å². The zero-order valence-electron chi connectivity index (χ0n) is 20.3. The molecule has 0 aliphatic rings. The van der Waals surface area contributed by atoms with Crippen LogP contribution in [0.5, 0.6) is 0 Å². The molecular weight excluding hydrogens is 535 g/mol. The predicted octanol–water partition coefficient (Wildman–Crippen LogP) is 6.29. The van der Waals surface area contributed by atoms with Gasteiger partial charge in [-0.25, -0.2) is 13.2 Å². The smallest absolute Gasteiger partial charge is 0.319 e. The second-order valence-electron chi connectivity index (χ2n) is 8.18. The number of carbonyl (C=O) groups excluding carboxylic acids is 1. The lowest BCUT2D eigenvalue weighted by Crippen LogP contribution is -2.31. The summed E-state index contributed by atoms with van der Waals surface area (Å²) >= 11 is 12.3. The van der Waals surface area contributed by atoms with Crippen molar-refractivity contribution >= 4 is 56.3 Å². The van der Waals surface area contributed by atoms with Crippen molar-refractivity contribution < 1.29 is 18.3 Å². The Kier molecular flexibility index (Phi) is 9.82. The third kappa shape index (κ3) is 7.87. The molecule has 196 valence electrons. The third-order valence-electron chi connectivity index (χ3n) is 5.35. The van der Waals surface area contributed by atoms with E-state index in [-0.39, 0.29) is 11.5 Å². The summed E-state index contributed by atoms with van der Waals surface area (Å²) < 4.78 is 28.3. The maximum absolute atomic E-state index is 12.9. The lowest BCUT2D eigenvalue weighted by Gasteiger charge is -2.17. The van der Waals surface area contributed by atoms with Crippen molar-refractivity contribution in [2.75, 3.05) is 22.0 Å². The fourth-order valence-electron chi connectivity index (χ4n) is 3.42. The zero-order chi connectivity index (χ0) is 27.0. The summed E-state index contributed by atoms with van der Waals surface area (Å²) in [6, 6.07) is 15.2. The molecule has 8 nitrogen and oxygen atoms in total. The summed E-state index contributed by atoms with van der Waals surface area (Å²) in [4.78, 5) is 12.5. The van der Waals surface area contributed by atoms with E-state index in [2.05, 4.69) is 20.7 Å². The van der Waals surface area contributed by atoms with Crippen molar-refractivity contribution in [3.8, 4) is 0 Å². The molecule has 1 atom stereocenters. The third-order valence-corrected chi connectivity index (χ3v) is 7.58. The minimum atomic E-state index is -3.84. The molecule has 5 N–H and O–H groups in total. The average Bonchev–Trinajstić information content (AvgIpc) is 2.84. The highest BCUT2D eigenvalue weighted by Crippen LogP contribution is 2.30. The van der Waals surface area contributed by atoms with Gasteiger partial charge in [0.25, 0.3) is 10.0 Å². The van der Waals surface area contributed by atoms with Crippen molar-refractivity contribution in [1.29, 1.82) is 0 Å². The van der Waals surface area contributed by atoms with E-state index in [0.29, 0.717) is 33.4 Å². The van der Waals surface area contributed by atoms with E-state index in [0.717, 1.165) is 11.3 Å². The van der Waals surface area contributed by atoms with Gasteiger partial charge in [-0.1, -0.05) is 41.4 Å². The van der Waals surface area contributed by atoms with Gasteiger partial charge in [0.2, 0.25) is 0 Å². The molecule has 0 unspecified atom stereocenters. The highest BCUT2D eigenvalue weighted by Gasteiger charge is 2.17. The molecular formula is C26H28Cl2N4O4S. The number of amides is 2. The van der Waals surface area contributed by atoms with E-state index < -0.39 is 22.1 Å². The number of sulfonamides is 1. The number of aryl methyl sites for hydroxylation is 1. The standard InChI is InChI=1S/C26H28Cl2N4O4S/c1-17-16-20(10-13-24(17)29-14-3-4-15-33)32-37(35,36)21-11-8-19(9-12-21)31-26(34)30-18(2)22-6-5-7-23(27)25(22)28/h3,5-14,16,18,29,32-33H,4,15H2,1-2H3,(H2,30,31,34)/b14-3+/t18-/m0/s1. The van der Waals surface area contributed by atoms with E-state index in [1.807, 2.05) is 6.92 Å². The van der Waals surface area contributed by atoms with Gasteiger partial charge < -0.3 is 21.1 Å². The normalized spacial score (nSPS) is 12.2. The van der Waals surface area contributed by atoms with Crippen LogP contribution >= 0.6 is 23.2 Å². The Morgan fingerprint density at radius 2 is 1.76 bits per heavy atom. The average molecular weight is 564 g/mol. The second-order valence-corrected chi connectivity index (χ2v) is 10.6. The molecule has 3 aromatic rings. The summed E-state index contributed by atoms with van der Waals surface area (Å²) in [6.45, 7) is 3.70. The number of anilines is 3. The van der Waals surface area contributed by atoms with Gasteiger partial charge in [0.15, 0.2) is 0 Å². The monoisotopic (exact) mass is 562 g/mol. The molecule has 0 aliphatic heterocycles. The number of hydrogen-bond donors (Lipinski definition) is 5. The molecule has 0 aromatic heterocycles. The maximum Gasteiger partial charge on any atom is 0.319 e. The Morgan fingerprint density at radius 1 is 1.05 bits per heavy atom. The first-order valence-corrected chi connectivity index (χ1v) is 13.6. The summed E-state index contributed by atoms with van der Waals surface area (Å²) in [6.07, 6.45) is 4.07. The fraction of sp³-hybridized carbons (Fsp3) is 0.192. The van der Waals surface area contributed by atoms with Crippen molar-refractivity contribution in [3.63, 3.8) is 0 Å². The first kappa shape index (κ1) is 28.3. The van der Waals surface area contributed by atoms with Gasteiger partial charge in [0.1, 0.15) is 0 Å². The Bertz CT molecular complexity index is 1380. The first-order valence-electron chi connectivity index (χ1n) is 11.4. The van der Waals surface area contributed by atoms with Gasteiger partial charge in [0, 0.05) is 23.7 Å². The van der Waals surface area contributed by atoms with Crippen LogP contribution in [0.3, 0.4) is 0 Å². The molecule has 11 heteroatoms. The topological polar surface area (TPSA) is 120 Å². The highest BCUT2D eigenvalue weighted by atomic mass is 35.5. The van der Waals surface area contributed by atoms with Crippen LogP contribution in [0.15, 0.2) is 77.8 Å². The molecule has 0 spiro atoms. The van der Waals surface area contributed by atoms with Crippen LogP contribution in [0, 0.1) is 6.92 Å². The zero-order valence-corrected chi connectivity index (χ0v) is 22.6. The summed E-state index contributed by atoms with van der Waals surface area (Å²) in [5, 5.41) is 18.1. The molecule has 0 saturated heterocycles. The molecule has 0 saturated carbocycles. The molecule has 2 amide bonds. The van der Waals surface area contributed by atoms with E-state index in [1.165, 1.54) is 24.3 Å². The summed E-state index contributed by atoms with van der Waals surface area (Å²) in [5.41, 5.74) is 3.17. The largest absolute Gasteiger partial charge is 0.396 e. The number of hydrogen-bond acceptors (Lipinski definition) is 5. The maximum atomic E-state index is 12.9. The van der Waals surface area contributed by atoms with Crippen LogP contribution in [0.4, 0.5) is 21.9 Å². The van der Waals surface area contributed by atoms with Crippen LogP contribution in [-0.4, -0.2) is 26.2 Å². The minimum absolute atomic E-state index is 0.0457. The van der Waals surface area contributed by atoms with E-state index in [1.54, 1.807) is 55.6 Å². The summed E-state index contributed by atoms with van der Waals surface area (Å²) in [7, 11) is -3.84. The second kappa shape index (κ2) is 12.8. The lowest BCUT2D eigenvalue weighted by atomic mass is 10.1. The molecule has 0 radical (unpaired) electrons. The van der Waals surface area contributed by atoms with Crippen molar-refractivity contribution in [1.82, 2.24) is 5.32 Å². The molecule has 37 heavy (non-hydrogen) atoms. The van der Waals surface area contributed by atoms with Crippen LogP contribution in [-0.2, 0) is 10.0 Å². The minimum Gasteiger partial charge on any atom is -0.396 e. The number of rotatable bonds is 10. The molecule has 0 bridgehead atoms. The van der Waals surface area contributed by atoms with Crippen LogP contribution in [0.1, 0.15) is 30.5 Å². The van der Waals surface area contributed by atoms with Crippen LogP contribution in [0.2, 0.25) is 10.0 Å². The Labute approximate surface area is 226 Å². The molecule has 3 rings (SSSR count). The van der Waals surface area contributed by atoms with Crippen molar-refractivity contribution in [2.24, 2.45) is 0 Å².